The second kappa shape index (κ2) is 9.14. The van der Waals surface area contributed by atoms with E-state index in [1.807, 2.05) is 0 Å². The second-order valence-corrected chi connectivity index (χ2v) is 5.76. The van der Waals surface area contributed by atoms with Crippen LogP contribution in [-0.4, -0.2) is 31.3 Å². The molecule has 0 aromatic heterocycles. The van der Waals surface area contributed by atoms with Crippen molar-refractivity contribution in [1.29, 1.82) is 5.39 Å². The Balaban J connectivity index is 2.61. The summed E-state index contributed by atoms with van der Waals surface area (Å²) in [5.74, 6) is -1.63. The molecule has 7 nitrogen and oxygen atoms in total. The van der Waals surface area contributed by atoms with Crippen molar-refractivity contribution in [2.75, 3.05) is 14.2 Å². The molecule has 0 aliphatic carbocycles. The maximum absolute atomic E-state index is 12.0. The van der Waals surface area contributed by atoms with E-state index in [2.05, 4.69) is 16.3 Å². The van der Waals surface area contributed by atoms with Crippen molar-refractivity contribution in [2.24, 2.45) is 0 Å². The molecule has 0 amide bonds. The summed E-state index contributed by atoms with van der Waals surface area (Å²) in [4.78, 5) is 26.9. The third-order valence-corrected chi connectivity index (χ3v) is 4.06. The van der Waals surface area contributed by atoms with Crippen LogP contribution >= 0.6 is 0 Å². The molecule has 28 heavy (non-hydrogen) atoms. The zero-order valence-electron chi connectivity index (χ0n) is 15.5. The number of diazo groups is 1. The monoisotopic (exact) mass is 379 g/mol. The predicted molar refractivity (Wildman–Crippen MR) is 104 cm³/mol. The Morgan fingerprint density at radius 3 is 2.14 bits per heavy atom. The van der Waals surface area contributed by atoms with E-state index in [-0.39, 0.29) is 28.8 Å². The molecule has 0 fully saturated rings. The zero-order chi connectivity index (χ0) is 20.7. The summed E-state index contributed by atoms with van der Waals surface area (Å²) in [7, 11) is 2.48. The molecule has 0 unspecified atom stereocenters. The predicted octanol–water partition coefficient (Wildman–Crippen LogP) is 3.98. The van der Waals surface area contributed by atoms with Gasteiger partial charge in [0.1, 0.15) is 0 Å². The van der Waals surface area contributed by atoms with Crippen LogP contribution in [0.3, 0.4) is 0 Å². The lowest BCUT2D eigenvalue weighted by atomic mass is 9.96. The first-order valence-electron chi connectivity index (χ1n) is 8.25. The van der Waals surface area contributed by atoms with Crippen LogP contribution in [0.25, 0.3) is 16.4 Å². The number of carbonyl (C=O) groups is 2. The van der Waals surface area contributed by atoms with Crippen LogP contribution in [-0.2, 0) is 20.7 Å². The van der Waals surface area contributed by atoms with Gasteiger partial charge in [0.15, 0.2) is 4.98 Å². The van der Waals surface area contributed by atoms with Gasteiger partial charge in [-0.2, -0.15) is 0 Å². The Morgan fingerprint density at radius 2 is 1.57 bits per heavy atom. The lowest BCUT2D eigenvalue weighted by molar-refractivity contribution is -0.136. The Hall–Kier alpha value is -3.92. The number of esters is 2. The topological polar surface area (TPSA) is 101 Å². The van der Waals surface area contributed by atoms with E-state index in [0.29, 0.717) is 11.1 Å². The average molecular weight is 379 g/mol. The van der Waals surface area contributed by atoms with Crippen LogP contribution in [0.2, 0.25) is 0 Å². The SMILES string of the molecule is C=C(Cc1ccccc1/C([N+]#N)=C(\O)c1ccccc1C(=O)OC)C(=O)OC. The van der Waals surface area contributed by atoms with Crippen molar-refractivity contribution in [3.8, 4) is 0 Å². The molecular formula is C21H19N2O5+. The van der Waals surface area contributed by atoms with Gasteiger partial charge < -0.3 is 14.6 Å². The molecule has 2 aromatic carbocycles. The maximum atomic E-state index is 12.0. The number of carbonyl (C=O) groups excluding carboxylic acids is 2. The molecule has 7 heteroatoms. The fraction of sp³-hybridized carbons (Fsp3) is 0.143. The molecule has 1 N–H and O–H groups in total. The van der Waals surface area contributed by atoms with Crippen molar-refractivity contribution in [3.63, 3.8) is 0 Å². The Morgan fingerprint density at radius 1 is 1.00 bits per heavy atom. The molecule has 0 saturated carbocycles. The van der Waals surface area contributed by atoms with Gasteiger partial charge in [0.2, 0.25) is 11.2 Å². The van der Waals surface area contributed by atoms with Gasteiger partial charge in [0, 0.05) is 17.6 Å². The molecule has 0 spiro atoms. The largest absolute Gasteiger partial charge is 0.501 e. The fourth-order valence-corrected chi connectivity index (χ4v) is 2.69. The van der Waals surface area contributed by atoms with Gasteiger partial charge in [0.05, 0.1) is 25.3 Å². The van der Waals surface area contributed by atoms with Gasteiger partial charge in [-0.25, -0.2) is 9.59 Å². The minimum Gasteiger partial charge on any atom is -0.501 e. The summed E-state index contributed by atoms with van der Waals surface area (Å²) >= 11 is 0. The molecule has 0 radical (unpaired) electrons. The van der Waals surface area contributed by atoms with Crippen LogP contribution in [0, 0.1) is 5.39 Å². The molecular weight excluding hydrogens is 360 g/mol. The first kappa shape index (κ1) is 20.4. The first-order valence-corrected chi connectivity index (χ1v) is 8.25. The van der Waals surface area contributed by atoms with E-state index >= 15 is 0 Å². The Labute approximate surface area is 162 Å². The molecule has 0 bridgehead atoms. The van der Waals surface area contributed by atoms with Crippen LogP contribution in [0.15, 0.2) is 60.7 Å². The molecule has 0 aliphatic heterocycles. The van der Waals surface area contributed by atoms with Crippen molar-refractivity contribution in [3.05, 3.63) is 87.9 Å². The van der Waals surface area contributed by atoms with Gasteiger partial charge in [-0.05, 0) is 17.7 Å². The van der Waals surface area contributed by atoms with E-state index in [1.54, 1.807) is 36.4 Å². The number of rotatable bonds is 6. The molecule has 0 aliphatic rings. The van der Waals surface area contributed by atoms with E-state index in [4.69, 9.17) is 4.74 Å². The highest BCUT2D eigenvalue weighted by Gasteiger charge is 2.28. The number of aliphatic hydroxyl groups excluding tert-OH is 1. The summed E-state index contributed by atoms with van der Waals surface area (Å²) in [5.41, 5.74) is 1.23. The number of hydrogen-bond acceptors (Lipinski definition) is 6. The van der Waals surface area contributed by atoms with Crippen LogP contribution in [0.1, 0.15) is 27.0 Å². The number of nitrogens with zero attached hydrogens (tertiary/aromatic N) is 2. The minimum absolute atomic E-state index is 0.111. The van der Waals surface area contributed by atoms with Crippen LogP contribution < -0.4 is 0 Å². The molecule has 0 atom stereocenters. The number of aliphatic hydroxyl groups is 1. The zero-order valence-corrected chi connectivity index (χ0v) is 15.5. The van der Waals surface area contributed by atoms with Gasteiger partial charge >= 0.3 is 17.6 Å². The number of ether oxygens (including phenoxy) is 2. The number of methoxy groups -OCH3 is 2. The van der Waals surface area contributed by atoms with E-state index < -0.39 is 17.7 Å². The second-order valence-electron chi connectivity index (χ2n) is 5.76. The van der Waals surface area contributed by atoms with Gasteiger partial charge in [-0.3, -0.25) is 0 Å². The smallest absolute Gasteiger partial charge is 0.434 e. The maximum Gasteiger partial charge on any atom is 0.434 e. The number of benzene rings is 2. The van der Waals surface area contributed by atoms with Gasteiger partial charge in [-0.15, -0.1) is 0 Å². The summed E-state index contributed by atoms with van der Waals surface area (Å²) in [6.45, 7) is 3.69. The Kier molecular flexibility index (Phi) is 6.66. The average Bonchev–Trinajstić information content (AvgIpc) is 2.73. The molecule has 0 saturated heterocycles. The minimum atomic E-state index is -0.646. The van der Waals surface area contributed by atoms with Crippen molar-refractivity contribution in [2.45, 2.75) is 6.42 Å². The molecule has 142 valence electrons. The van der Waals surface area contributed by atoms with Gasteiger partial charge in [0.25, 0.3) is 0 Å². The first-order chi connectivity index (χ1) is 13.4. The lowest BCUT2D eigenvalue weighted by Crippen LogP contribution is -2.08. The highest BCUT2D eigenvalue weighted by Crippen LogP contribution is 2.31. The van der Waals surface area contributed by atoms with Gasteiger partial charge in [-0.1, -0.05) is 43.0 Å². The van der Waals surface area contributed by atoms with E-state index in [1.165, 1.54) is 26.4 Å². The molecule has 2 rings (SSSR count). The highest BCUT2D eigenvalue weighted by atomic mass is 16.5. The standard InChI is InChI=1S/C21H18N2O5/c1-13(20(25)27-2)12-14-8-4-5-9-15(14)18(23-22)19(24)16-10-6-7-11-17(16)21(26)28-3/h4-11H,1,12H2,2-3H3/p+1/b19-18+. The van der Waals surface area contributed by atoms with Crippen molar-refractivity contribution >= 4 is 23.4 Å². The summed E-state index contributed by atoms with van der Waals surface area (Å²) < 4.78 is 9.39. The molecule has 0 heterocycles. The lowest BCUT2D eigenvalue weighted by Gasteiger charge is -2.08. The number of hydrogen-bond donors (Lipinski definition) is 1. The van der Waals surface area contributed by atoms with Crippen molar-refractivity contribution in [1.82, 2.24) is 0 Å². The summed E-state index contributed by atoms with van der Waals surface area (Å²) in [5, 5.41) is 20.4. The van der Waals surface area contributed by atoms with Crippen LogP contribution in [0.5, 0.6) is 0 Å². The summed E-state index contributed by atoms with van der Waals surface area (Å²) in [6.07, 6.45) is 0.119. The highest BCUT2D eigenvalue weighted by molar-refractivity contribution is 6.00. The van der Waals surface area contributed by atoms with Crippen molar-refractivity contribution < 1.29 is 24.2 Å². The third-order valence-electron chi connectivity index (χ3n) is 4.06. The van der Waals surface area contributed by atoms with Crippen LogP contribution in [0.4, 0.5) is 0 Å². The van der Waals surface area contributed by atoms with E-state index in [0.717, 1.165) is 0 Å². The van der Waals surface area contributed by atoms with E-state index in [9.17, 15) is 20.1 Å². The molecule has 2 aromatic rings. The quantitative estimate of drug-likeness (QED) is 0.268. The Bertz CT molecular complexity index is 1000. The summed E-state index contributed by atoms with van der Waals surface area (Å²) in [6, 6.07) is 13.0. The third kappa shape index (κ3) is 4.24. The fourth-order valence-electron chi connectivity index (χ4n) is 2.69. The normalized spacial score (nSPS) is 11.0.